The fourth-order valence-corrected chi connectivity index (χ4v) is 3.70. The van der Waals surface area contributed by atoms with E-state index in [1.165, 1.54) is 11.1 Å². The molecule has 1 aromatic rings. The number of urea groups is 1. The molecule has 1 aromatic carbocycles. The topological polar surface area (TPSA) is 58.2 Å². The third kappa shape index (κ3) is 5.16. The van der Waals surface area contributed by atoms with Gasteiger partial charge in [-0.25, -0.2) is 4.79 Å². The van der Waals surface area contributed by atoms with Crippen LogP contribution >= 0.6 is 0 Å². The lowest BCUT2D eigenvalue weighted by Crippen LogP contribution is -2.43. The van der Waals surface area contributed by atoms with E-state index in [2.05, 4.69) is 34.9 Å². The van der Waals surface area contributed by atoms with Crippen molar-refractivity contribution in [2.75, 3.05) is 18.6 Å². The molecule has 0 radical (unpaired) electrons. The summed E-state index contributed by atoms with van der Waals surface area (Å²) in [5, 5.41) is 5.70. The van der Waals surface area contributed by atoms with Crippen LogP contribution in [0, 0.1) is 5.92 Å². The van der Waals surface area contributed by atoms with Crippen LogP contribution in [0.25, 0.3) is 0 Å². The van der Waals surface area contributed by atoms with E-state index >= 15 is 0 Å². The van der Waals surface area contributed by atoms with Crippen molar-refractivity contribution in [1.29, 1.82) is 0 Å². The highest BCUT2D eigenvalue weighted by molar-refractivity contribution is 7.84. The fourth-order valence-electron chi connectivity index (χ4n) is 2.91. The van der Waals surface area contributed by atoms with Gasteiger partial charge < -0.3 is 10.6 Å². The van der Waals surface area contributed by atoms with Gasteiger partial charge in [0.1, 0.15) is 0 Å². The number of rotatable bonds is 6. The van der Waals surface area contributed by atoms with Gasteiger partial charge >= 0.3 is 6.03 Å². The molecule has 2 rings (SSSR count). The predicted octanol–water partition coefficient (Wildman–Crippen LogP) is 1.86. The smallest absolute Gasteiger partial charge is 0.315 e. The number of benzene rings is 1. The van der Waals surface area contributed by atoms with Gasteiger partial charge in [0.15, 0.2) is 0 Å². The number of fused-ring (bicyclic) bond motifs is 1. The standard InChI is InChI=1S/C16H24N2O2S/c1-12(11-21(2)20)18-16(19)17-8-7-13-9-14-5-3-4-6-15(14)10-13/h3-6,12-13H,7-11H2,1-2H3,(H2,17,18,19). The Morgan fingerprint density at radius 3 is 2.52 bits per heavy atom. The number of hydrogen-bond acceptors (Lipinski definition) is 2. The van der Waals surface area contributed by atoms with Crippen molar-refractivity contribution in [3.63, 3.8) is 0 Å². The van der Waals surface area contributed by atoms with Gasteiger partial charge in [-0.05, 0) is 43.2 Å². The summed E-state index contributed by atoms with van der Waals surface area (Å²) in [4.78, 5) is 11.7. The summed E-state index contributed by atoms with van der Waals surface area (Å²) >= 11 is 0. The molecule has 2 atom stereocenters. The van der Waals surface area contributed by atoms with E-state index in [0.717, 1.165) is 19.3 Å². The monoisotopic (exact) mass is 308 g/mol. The zero-order chi connectivity index (χ0) is 15.2. The van der Waals surface area contributed by atoms with Crippen LogP contribution in [0.4, 0.5) is 4.79 Å². The van der Waals surface area contributed by atoms with Crippen molar-refractivity contribution < 1.29 is 9.00 Å². The van der Waals surface area contributed by atoms with Crippen LogP contribution < -0.4 is 10.6 Å². The summed E-state index contributed by atoms with van der Waals surface area (Å²) in [5.74, 6) is 1.12. The Kier molecular flexibility index (Phi) is 5.79. The van der Waals surface area contributed by atoms with Crippen LogP contribution in [-0.4, -0.2) is 34.8 Å². The lowest BCUT2D eigenvalue weighted by molar-refractivity contribution is 0.238. The van der Waals surface area contributed by atoms with Crippen molar-refractivity contribution in [2.45, 2.75) is 32.2 Å². The molecule has 1 aliphatic carbocycles. The highest BCUT2D eigenvalue weighted by atomic mass is 32.2. The Bertz CT molecular complexity index is 494. The van der Waals surface area contributed by atoms with E-state index in [0.29, 0.717) is 18.2 Å². The van der Waals surface area contributed by atoms with Gasteiger partial charge in [0.05, 0.1) is 0 Å². The van der Waals surface area contributed by atoms with Gasteiger partial charge in [0, 0.05) is 35.4 Å². The van der Waals surface area contributed by atoms with Crippen molar-refractivity contribution >= 4 is 16.8 Å². The van der Waals surface area contributed by atoms with Crippen LogP contribution in [0.3, 0.4) is 0 Å². The predicted molar refractivity (Wildman–Crippen MR) is 86.9 cm³/mol. The molecule has 21 heavy (non-hydrogen) atoms. The number of nitrogens with one attached hydrogen (secondary N) is 2. The molecule has 0 saturated heterocycles. The first-order valence-electron chi connectivity index (χ1n) is 7.45. The van der Waals surface area contributed by atoms with Gasteiger partial charge in [0.25, 0.3) is 0 Å². The normalized spacial score (nSPS) is 17.0. The molecule has 0 heterocycles. The van der Waals surface area contributed by atoms with Crippen LogP contribution in [0.2, 0.25) is 0 Å². The molecule has 5 heteroatoms. The fraction of sp³-hybridized carbons (Fsp3) is 0.562. The molecule has 4 nitrogen and oxygen atoms in total. The second-order valence-corrected chi connectivity index (χ2v) is 7.35. The first-order chi connectivity index (χ1) is 10.0. The highest BCUT2D eigenvalue weighted by Crippen LogP contribution is 2.28. The van der Waals surface area contributed by atoms with Crippen molar-refractivity contribution in [2.24, 2.45) is 5.92 Å². The van der Waals surface area contributed by atoms with E-state index in [9.17, 15) is 9.00 Å². The average Bonchev–Trinajstić information content (AvgIpc) is 2.79. The van der Waals surface area contributed by atoms with E-state index in [4.69, 9.17) is 0 Å². The molecule has 2 unspecified atom stereocenters. The highest BCUT2D eigenvalue weighted by Gasteiger charge is 2.20. The number of amides is 2. The maximum atomic E-state index is 11.7. The molecule has 0 spiro atoms. The summed E-state index contributed by atoms with van der Waals surface area (Å²) in [6.07, 6.45) is 4.87. The van der Waals surface area contributed by atoms with Crippen molar-refractivity contribution in [1.82, 2.24) is 10.6 Å². The second-order valence-electron chi connectivity index (χ2n) is 5.87. The molecule has 116 valence electrons. The minimum atomic E-state index is -0.885. The van der Waals surface area contributed by atoms with Crippen LogP contribution in [0.5, 0.6) is 0 Å². The molecule has 1 aliphatic rings. The van der Waals surface area contributed by atoms with E-state index in [1.807, 2.05) is 6.92 Å². The summed E-state index contributed by atoms with van der Waals surface area (Å²) in [5.41, 5.74) is 2.90. The van der Waals surface area contributed by atoms with Gasteiger partial charge in [-0.3, -0.25) is 4.21 Å². The maximum absolute atomic E-state index is 11.7. The van der Waals surface area contributed by atoms with Gasteiger partial charge in [-0.1, -0.05) is 24.3 Å². The molecular weight excluding hydrogens is 284 g/mol. The van der Waals surface area contributed by atoms with Crippen molar-refractivity contribution in [3.8, 4) is 0 Å². The van der Waals surface area contributed by atoms with Gasteiger partial charge in [0.2, 0.25) is 0 Å². The Morgan fingerprint density at radius 1 is 1.33 bits per heavy atom. The molecule has 0 aromatic heterocycles. The second kappa shape index (κ2) is 7.59. The average molecular weight is 308 g/mol. The third-order valence-corrected chi connectivity index (χ3v) is 4.81. The zero-order valence-corrected chi connectivity index (χ0v) is 13.5. The molecule has 0 aliphatic heterocycles. The minimum Gasteiger partial charge on any atom is -0.338 e. The SMILES string of the molecule is CC(CS(C)=O)NC(=O)NCCC1Cc2ccccc2C1. The Hall–Kier alpha value is -1.36. The van der Waals surface area contributed by atoms with E-state index in [-0.39, 0.29) is 12.1 Å². The number of hydrogen-bond donors (Lipinski definition) is 2. The molecule has 2 amide bonds. The summed E-state index contributed by atoms with van der Waals surface area (Å²) in [7, 11) is -0.885. The number of carbonyl (C=O) groups is 1. The Balaban J connectivity index is 1.64. The summed E-state index contributed by atoms with van der Waals surface area (Å²) in [6, 6.07) is 8.34. The third-order valence-electron chi connectivity index (χ3n) is 3.84. The van der Waals surface area contributed by atoms with Gasteiger partial charge in [-0.15, -0.1) is 0 Å². The number of carbonyl (C=O) groups excluding carboxylic acids is 1. The zero-order valence-electron chi connectivity index (χ0n) is 12.7. The summed E-state index contributed by atoms with van der Waals surface area (Å²) < 4.78 is 11.1. The summed E-state index contributed by atoms with van der Waals surface area (Å²) in [6.45, 7) is 2.56. The van der Waals surface area contributed by atoms with Gasteiger partial charge in [-0.2, -0.15) is 0 Å². The Morgan fingerprint density at radius 2 is 1.95 bits per heavy atom. The molecular formula is C16H24N2O2S. The lowest BCUT2D eigenvalue weighted by atomic mass is 10.0. The van der Waals surface area contributed by atoms with E-state index < -0.39 is 10.8 Å². The minimum absolute atomic E-state index is 0.0634. The molecule has 0 fully saturated rings. The lowest BCUT2D eigenvalue weighted by Gasteiger charge is -2.14. The Labute approximate surface area is 129 Å². The van der Waals surface area contributed by atoms with Crippen molar-refractivity contribution in [3.05, 3.63) is 35.4 Å². The molecule has 0 bridgehead atoms. The van der Waals surface area contributed by atoms with Crippen LogP contribution in [0.15, 0.2) is 24.3 Å². The first-order valence-corrected chi connectivity index (χ1v) is 9.18. The molecule has 2 N–H and O–H groups in total. The van der Waals surface area contributed by atoms with E-state index in [1.54, 1.807) is 6.26 Å². The maximum Gasteiger partial charge on any atom is 0.315 e. The van der Waals surface area contributed by atoms with Crippen LogP contribution in [-0.2, 0) is 23.6 Å². The quantitative estimate of drug-likeness (QED) is 0.843. The van der Waals surface area contributed by atoms with Crippen LogP contribution in [0.1, 0.15) is 24.5 Å². The molecule has 0 saturated carbocycles. The largest absolute Gasteiger partial charge is 0.338 e. The first kappa shape index (κ1) is 16.0.